The van der Waals surface area contributed by atoms with E-state index in [0.717, 1.165) is 30.3 Å². The number of hydrogen-bond acceptors (Lipinski definition) is 4. The molecule has 2 aromatic rings. The Labute approximate surface area is 114 Å². The normalized spacial score (nSPS) is 12.1. The SMILES string of the molecule is CCc1nc(CC)n(Cc2ncc(C(C)(C)C)o2)n1. The lowest BCUT2D eigenvalue weighted by Gasteiger charge is -2.13. The van der Waals surface area contributed by atoms with Crippen molar-refractivity contribution in [1.29, 1.82) is 0 Å². The molecule has 0 amide bonds. The molecule has 0 atom stereocenters. The van der Waals surface area contributed by atoms with E-state index in [9.17, 15) is 0 Å². The van der Waals surface area contributed by atoms with Gasteiger partial charge in [-0.25, -0.2) is 14.6 Å². The van der Waals surface area contributed by atoms with Gasteiger partial charge in [-0.05, 0) is 0 Å². The van der Waals surface area contributed by atoms with E-state index < -0.39 is 0 Å². The number of nitrogens with zero attached hydrogens (tertiary/aromatic N) is 4. The molecule has 2 heterocycles. The highest BCUT2D eigenvalue weighted by Gasteiger charge is 2.19. The van der Waals surface area contributed by atoms with Crippen LogP contribution >= 0.6 is 0 Å². The Kier molecular flexibility index (Phi) is 3.73. The van der Waals surface area contributed by atoms with Crippen LogP contribution < -0.4 is 0 Å². The van der Waals surface area contributed by atoms with Crippen LogP contribution in [-0.4, -0.2) is 19.7 Å². The topological polar surface area (TPSA) is 56.7 Å². The molecule has 0 radical (unpaired) electrons. The molecule has 0 bridgehead atoms. The monoisotopic (exact) mass is 262 g/mol. The van der Waals surface area contributed by atoms with Crippen LogP contribution in [0.2, 0.25) is 0 Å². The second kappa shape index (κ2) is 5.15. The zero-order chi connectivity index (χ0) is 14.0. The van der Waals surface area contributed by atoms with E-state index >= 15 is 0 Å². The van der Waals surface area contributed by atoms with Gasteiger partial charge in [0.05, 0.1) is 6.20 Å². The third-order valence-corrected chi connectivity index (χ3v) is 3.00. The summed E-state index contributed by atoms with van der Waals surface area (Å²) in [4.78, 5) is 8.81. The number of rotatable bonds is 4. The highest BCUT2D eigenvalue weighted by Crippen LogP contribution is 2.22. The van der Waals surface area contributed by atoms with Gasteiger partial charge in [-0.15, -0.1) is 0 Å². The van der Waals surface area contributed by atoms with Crippen molar-refractivity contribution in [3.8, 4) is 0 Å². The summed E-state index contributed by atoms with van der Waals surface area (Å²) in [7, 11) is 0. The fraction of sp³-hybridized carbons (Fsp3) is 0.643. The minimum absolute atomic E-state index is 0.0181. The standard InChI is InChI=1S/C14H22N4O/c1-6-11-16-12(7-2)18(17-11)9-13-15-8-10(19-13)14(3,4)5/h8H,6-7,9H2,1-5H3. The van der Waals surface area contributed by atoms with Gasteiger partial charge in [-0.3, -0.25) is 0 Å². The molecule has 0 unspecified atom stereocenters. The summed E-state index contributed by atoms with van der Waals surface area (Å²) >= 11 is 0. The van der Waals surface area contributed by atoms with Crippen LogP contribution in [0, 0.1) is 0 Å². The average molecular weight is 262 g/mol. The van der Waals surface area contributed by atoms with Crippen LogP contribution in [0.5, 0.6) is 0 Å². The molecule has 0 aliphatic heterocycles. The molecule has 19 heavy (non-hydrogen) atoms. The predicted molar refractivity (Wildman–Crippen MR) is 73.1 cm³/mol. The Morgan fingerprint density at radius 2 is 1.95 bits per heavy atom. The molecule has 2 rings (SSSR count). The maximum Gasteiger partial charge on any atom is 0.216 e. The van der Waals surface area contributed by atoms with Crippen LogP contribution in [0.25, 0.3) is 0 Å². The van der Waals surface area contributed by atoms with Crippen molar-refractivity contribution >= 4 is 0 Å². The maximum absolute atomic E-state index is 5.79. The van der Waals surface area contributed by atoms with Gasteiger partial charge < -0.3 is 4.42 Å². The van der Waals surface area contributed by atoms with Gasteiger partial charge in [0, 0.05) is 18.3 Å². The summed E-state index contributed by atoms with van der Waals surface area (Å²) in [6.45, 7) is 11.0. The average Bonchev–Trinajstić information content (AvgIpc) is 2.95. The van der Waals surface area contributed by atoms with Crippen molar-refractivity contribution in [2.75, 3.05) is 0 Å². The quantitative estimate of drug-likeness (QED) is 0.850. The van der Waals surface area contributed by atoms with Gasteiger partial charge in [0.2, 0.25) is 5.89 Å². The lowest BCUT2D eigenvalue weighted by atomic mass is 9.94. The third kappa shape index (κ3) is 3.03. The zero-order valence-electron chi connectivity index (χ0n) is 12.4. The van der Waals surface area contributed by atoms with Gasteiger partial charge >= 0.3 is 0 Å². The highest BCUT2D eigenvalue weighted by atomic mass is 16.4. The van der Waals surface area contributed by atoms with Crippen LogP contribution in [0.1, 0.15) is 57.9 Å². The van der Waals surface area contributed by atoms with Crippen molar-refractivity contribution < 1.29 is 4.42 Å². The summed E-state index contributed by atoms with van der Waals surface area (Å²) in [6.07, 6.45) is 3.51. The van der Waals surface area contributed by atoms with Gasteiger partial charge in [0.25, 0.3) is 0 Å². The maximum atomic E-state index is 5.79. The molecular weight excluding hydrogens is 240 g/mol. The molecular formula is C14H22N4O. The van der Waals surface area contributed by atoms with Gasteiger partial charge in [0.1, 0.15) is 18.1 Å². The molecule has 0 N–H and O–H groups in total. The first-order chi connectivity index (χ1) is 8.94. The van der Waals surface area contributed by atoms with E-state index in [1.165, 1.54) is 0 Å². The van der Waals surface area contributed by atoms with Crippen molar-refractivity contribution in [1.82, 2.24) is 19.7 Å². The summed E-state index contributed by atoms with van der Waals surface area (Å²) in [5.74, 6) is 3.44. The minimum Gasteiger partial charge on any atom is -0.443 e. The fourth-order valence-corrected chi connectivity index (χ4v) is 1.82. The summed E-state index contributed by atoms with van der Waals surface area (Å²) in [5.41, 5.74) is -0.0181. The molecule has 0 fully saturated rings. The van der Waals surface area contributed by atoms with Gasteiger partial charge in [-0.1, -0.05) is 34.6 Å². The Balaban J connectivity index is 2.21. The van der Waals surface area contributed by atoms with Crippen molar-refractivity contribution in [3.05, 3.63) is 29.5 Å². The van der Waals surface area contributed by atoms with E-state index in [0.29, 0.717) is 12.4 Å². The smallest absolute Gasteiger partial charge is 0.216 e. The number of hydrogen-bond donors (Lipinski definition) is 0. The molecule has 0 saturated heterocycles. The van der Waals surface area contributed by atoms with E-state index in [4.69, 9.17) is 4.42 Å². The van der Waals surface area contributed by atoms with Crippen molar-refractivity contribution in [2.24, 2.45) is 0 Å². The van der Waals surface area contributed by atoms with Crippen LogP contribution in [0.4, 0.5) is 0 Å². The zero-order valence-corrected chi connectivity index (χ0v) is 12.4. The molecule has 0 aliphatic rings. The van der Waals surface area contributed by atoms with Crippen LogP contribution in [-0.2, 0) is 24.8 Å². The molecule has 2 aromatic heterocycles. The van der Waals surface area contributed by atoms with E-state index in [2.05, 4.69) is 49.7 Å². The molecule has 0 aliphatic carbocycles. The summed E-state index contributed by atoms with van der Waals surface area (Å²) < 4.78 is 7.68. The second-order valence-corrected chi connectivity index (χ2v) is 5.68. The molecule has 0 aromatic carbocycles. The number of aromatic nitrogens is 4. The Bertz CT molecular complexity index is 548. The summed E-state index contributed by atoms with van der Waals surface area (Å²) in [6, 6.07) is 0. The Hall–Kier alpha value is -1.65. The first kappa shape index (κ1) is 13.8. The molecule has 0 saturated carbocycles. The minimum atomic E-state index is -0.0181. The van der Waals surface area contributed by atoms with Gasteiger partial charge in [-0.2, -0.15) is 5.10 Å². The van der Waals surface area contributed by atoms with Crippen molar-refractivity contribution in [3.63, 3.8) is 0 Å². The Morgan fingerprint density at radius 1 is 1.21 bits per heavy atom. The van der Waals surface area contributed by atoms with E-state index in [1.54, 1.807) is 6.20 Å². The molecule has 5 heteroatoms. The molecule has 0 spiro atoms. The van der Waals surface area contributed by atoms with Crippen LogP contribution in [0.15, 0.2) is 10.6 Å². The fourth-order valence-electron chi connectivity index (χ4n) is 1.82. The third-order valence-electron chi connectivity index (χ3n) is 3.00. The van der Waals surface area contributed by atoms with E-state index in [1.807, 2.05) is 4.68 Å². The summed E-state index contributed by atoms with van der Waals surface area (Å²) in [5, 5.41) is 4.47. The van der Waals surface area contributed by atoms with Crippen LogP contribution in [0.3, 0.4) is 0 Å². The molecule has 5 nitrogen and oxygen atoms in total. The number of oxazole rings is 1. The molecule has 104 valence electrons. The first-order valence-electron chi connectivity index (χ1n) is 6.81. The van der Waals surface area contributed by atoms with Gasteiger partial charge in [0.15, 0.2) is 5.82 Å². The second-order valence-electron chi connectivity index (χ2n) is 5.68. The van der Waals surface area contributed by atoms with E-state index in [-0.39, 0.29) is 5.41 Å². The lowest BCUT2D eigenvalue weighted by Crippen LogP contribution is -2.09. The number of aryl methyl sites for hydroxylation is 2. The lowest BCUT2D eigenvalue weighted by molar-refractivity contribution is 0.370. The van der Waals surface area contributed by atoms with Crippen molar-refractivity contribution in [2.45, 2.75) is 59.4 Å². The predicted octanol–water partition coefficient (Wildman–Crippen LogP) is 2.74. The largest absolute Gasteiger partial charge is 0.443 e. The highest BCUT2D eigenvalue weighted by molar-refractivity contribution is 5.06. The Morgan fingerprint density at radius 3 is 2.47 bits per heavy atom. The first-order valence-corrected chi connectivity index (χ1v) is 6.81.